The third-order valence-electron chi connectivity index (χ3n) is 3.19. The second-order valence-electron chi connectivity index (χ2n) is 4.86. The normalized spacial score (nSPS) is 15.9. The van der Waals surface area contributed by atoms with Crippen LogP contribution in [0.5, 0.6) is 0 Å². The average Bonchev–Trinajstić information content (AvgIpc) is 2.83. The summed E-state index contributed by atoms with van der Waals surface area (Å²) in [5.74, 6) is -0.195. The van der Waals surface area contributed by atoms with Crippen LogP contribution >= 0.6 is 27.5 Å². The van der Waals surface area contributed by atoms with Crippen molar-refractivity contribution in [3.63, 3.8) is 0 Å². The zero-order chi connectivity index (χ0) is 15.7. The Kier molecular flexibility index (Phi) is 4.14. The second-order valence-corrected chi connectivity index (χ2v) is 6.18. The average molecular weight is 377 g/mol. The van der Waals surface area contributed by atoms with E-state index in [1.54, 1.807) is 12.1 Å². The van der Waals surface area contributed by atoms with E-state index in [-0.39, 0.29) is 11.6 Å². The second kappa shape index (κ2) is 6.07. The van der Waals surface area contributed by atoms with Gasteiger partial charge in [0.2, 0.25) is 5.90 Å². The number of aliphatic imine (C=N–C) groups is 1. The quantitative estimate of drug-likeness (QED) is 0.560. The van der Waals surface area contributed by atoms with Gasteiger partial charge < -0.3 is 4.74 Å². The Morgan fingerprint density at radius 3 is 2.77 bits per heavy atom. The number of hydrogen-bond donors (Lipinski definition) is 0. The molecule has 0 radical (unpaired) electrons. The Labute approximate surface area is 141 Å². The first-order chi connectivity index (χ1) is 10.5. The zero-order valence-corrected chi connectivity index (χ0v) is 14.0. The highest BCUT2D eigenvalue weighted by Gasteiger charge is 2.24. The summed E-state index contributed by atoms with van der Waals surface area (Å²) in [6.45, 7) is 1.91. The number of benzene rings is 2. The van der Waals surface area contributed by atoms with Crippen LogP contribution in [0.1, 0.15) is 16.7 Å². The van der Waals surface area contributed by atoms with Gasteiger partial charge in [0.05, 0.1) is 0 Å². The molecule has 0 bridgehead atoms. The van der Waals surface area contributed by atoms with Gasteiger partial charge in [-0.2, -0.15) is 0 Å². The molecule has 1 aliphatic heterocycles. The molecular weight excluding hydrogens is 366 g/mol. The number of carbonyl (C=O) groups excluding carboxylic acids is 1. The van der Waals surface area contributed by atoms with Gasteiger partial charge in [-0.1, -0.05) is 45.7 Å². The first kappa shape index (κ1) is 15.0. The van der Waals surface area contributed by atoms with Crippen LogP contribution in [0, 0.1) is 6.92 Å². The number of esters is 1. The monoisotopic (exact) mass is 375 g/mol. The summed E-state index contributed by atoms with van der Waals surface area (Å²) in [4.78, 5) is 16.2. The molecule has 0 spiro atoms. The minimum Gasteiger partial charge on any atom is -0.402 e. The lowest BCUT2D eigenvalue weighted by Gasteiger charge is -2.02. The van der Waals surface area contributed by atoms with Crippen molar-refractivity contribution in [1.82, 2.24) is 0 Å². The fraction of sp³-hybridized carbons (Fsp3) is 0.0588. The van der Waals surface area contributed by atoms with E-state index in [4.69, 9.17) is 16.3 Å². The molecule has 5 heteroatoms. The summed E-state index contributed by atoms with van der Waals surface area (Å²) in [5.41, 5.74) is 2.78. The molecule has 0 atom stereocenters. The minimum absolute atomic E-state index is 0.268. The molecule has 0 saturated carbocycles. The number of halogens is 2. The van der Waals surface area contributed by atoms with E-state index in [0.29, 0.717) is 10.6 Å². The Morgan fingerprint density at radius 2 is 2.05 bits per heavy atom. The fourth-order valence-electron chi connectivity index (χ4n) is 2.01. The standard InChI is InChI=1S/C17H11BrClNO2/c1-10-5-6-12(9-14(10)19)16-20-15(17(21)22-16)8-11-3-2-4-13(18)7-11/h2-9H,1H3/b15-8-. The van der Waals surface area contributed by atoms with Crippen LogP contribution in [0.3, 0.4) is 0 Å². The van der Waals surface area contributed by atoms with Crippen LogP contribution < -0.4 is 0 Å². The lowest BCUT2D eigenvalue weighted by Crippen LogP contribution is -2.05. The summed E-state index contributed by atoms with van der Waals surface area (Å²) in [6.07, 6.45) is 1.69. The van der Waals surface area contributed by atoms with E-state index in [1.165, 1.54) is 0 Å². The van der Waals surface area contributed by atoms with Gasteiger partial charge in [0.1, 0.15) is 0 Å². The summed E-state index contributed by atoms with van der Waals surface area (Å²) < 4.78 is 6.16. The van der Waals surface area contributed by atoms with Crippen molar-refractivity contribution >= 4 is 45.5 Å². The molecule has 2 aromatic carbocycles. The molecule has 110 valence electrons. The molecule has 0 amide bonds. The molecule has 22 heavy (non-hydrogen) atoms. The van der Waals surface area contributed by atoms with Crippen LogP contribution in [0.4, 0.5) is 0 Å². The number of nitrogens with zero attached hydrogens (tertiary/aromatic N) is 1. The molecule has 0 aromatic heterocycles. The Morgan fingerprint density at radius 1 is 1.23 bits per heavy atom. The summed E-state index contributed by atoms with van der Waals surface area (Å²) in [6, 6.07) is 13.0. The lowest BCUT2D eigenvalue weighted by molar-refractivity contribution is -0.129. The van der Waals surface area contributed by atoms with E-state index < -0.39 is 5.97 Å². The van der Waals surface area contributed by atoms with Crippen LogP contribution in [-0.2, 0) is 9.53 Å². The van der Waals surface area contributed by atoms with Gasteiger partial charge in [-0.15, -0.1) is 0 Å². The zero-order valence-electron chi connectivity index (χ0n) is 11.6. The molecule has 0 aliphatic carbocycles. The number of rotatable bonds is 2. The number of hydrogen-bond acceptors (Lipinski definition) is 3. The molecule has 1 heterocycles. The van der Waals surface area contributed by atoms with Crippen LogP contribution in [-0.4, -0.2) is 11.9 Å². The fourth-order valence-corrected chi connectivity index (χ4v) is 2.61. The van der Waals surface area contributed by atoms with Crippen molar-refractivity contribution in [2.75, 3.05) is 0 Å². The molecule has 0 fully saturated rings. The molecule has 3 rings (SSSR count). The Bertz CT molecular complexity index is 827. The molecule has 0 unspecified atom stereocenters. The van der Waals surface area contributed by atoms with Crippen LogP contribution in [0.2, 0.25) is 5.02 Å². The number of aryl methyl sites for hydroxylation is 1. The number of ether oxygens (including phenoxy) is 1. The van der Waals surface area contributed by atoms with Gasteiger partial charge in [-0.25, -0.2) is 9.79 Å². The van der Waals surface area contributed by atoms with Gasteiger partial charge in [-0.3, -0.25) is 0 Å². The number of carbonyl (C=O) groups is 1. The van der Waals surface area contributed by atoms with E-state index >= 15 is 0 Å². The molecular formula is C17H11BrClNO2. The van der Waals surface area contributed by atoms with Crippen molar-refractivity contribution in [1.29, 1.82) is 0 Å². The van der Waals surface area contributed by atoms with E-state index in [1.807, 2.05) is 43.3 Å². The Hall–Kier alpha value is -1.91. The first-order valence-corrected chi connectivity index (χ1v) is 7.75. The third kappa shape index (κ3) is 3.13. The lowest BCUT2D eigenvalue weighted by atomic mass is 10.1. The van der Waals surface area contributed by atoms with Crippen molar-refractivity contribution in [2.24, 2.45) is 4.99 Å². The van der Waals surface area contributed by atoms with Crippen LogP contribution in [0.15, 0.2) is 57.6 Å². The number of cyclic esters (lactones) is 1. The molecule has 0 saturated heterocycles. The van der Waals surface area contributed by atoms with E-state index in [9.17, 15) is 4.79 Å². The van der Waals surface area contributed by atoms with Crippen LogP contribution in [0.25, 0.3) is 6.08 Å². The summed E-state index contributed by atoms with van der Waals surface area (Å²) >= 11 is 9.49. The maximum Gasteiger partial charge on any atom is 0.363 e. The summed E-state index contributed by atoms with van der Waals surface area (Å²) in [7, 11) is 0. The largest absolute Gasteiger partial charge is 0.402 e. The van der Waals surface area contributed by atoms with Gasteiger partial charge in [0.25, 0.3) is 0 Å². The van der Waals surface area contributed by atoms with Gasteiger partial charge in [-0.05, 0) is 48.4 Å². The Balaban J connectivity index is 1.96. The predicted octanol–water partition coefficient (Wildman–Crippen LogP) is 4.76. The molecule has 1 aliphatic rings. The highest BCUT2D eigenvalue weighted by Crippen LogP contribution is 2.23. The van der Waals surface area contributed by atoms with Gasteiger partial charge in [0, 0.05) is 15.1 Å². The van der Waals surface area contributed by atoms with Gasteiger partial charge >= 0.3 is 5.97 Å². The molecule has 3 nitrogen and oxygen atoms in total. The third-order valence-corrected chi connectivity index (χ3v) is 4.09. The van der Waals surface area contributed by atoms with Crippen molar-refractivity contribution in [3.05, 3.63) is 74.3 Å². The highest BCUT2D eigenvalue weighted by atomic mass is 79.9. The first-order valence-electron chi connectivity index (χ1n) is 6.57. The minimum atomic E-state index is -0.466. The molecule has 2 aromatic rings. The smallest absolute Gasteiger partial charge is 0.363 e. The summed E-state index contributed by atoms with van der Waals surface area (Å²) in [5, 5.41) is 0.612. The molecule has 0 N–H and O–H groups in total. The maximum atomic E-state index is 11.9. The van der Waals surface area contributed by atoms with E-state index in [0.717, 1.165) is 15.6 Å². The van der Waals surface area contributed by atoms with Crippen molar-refractivity contribution < 1.29 is 9.53 Å². The highest BCUT2D eigenvalue weighted by molar-refractivity contribution is 9.10. The van der Waals surface area contributed by atoms with E-state index in [2.05, 4.69) is 20.9 Å². The maximum absolute atomic E-state index is 11.9. The van der Waals surface area contributed by atoms with Crippen molar-refractivity contribution in [3.8, 4) is 0 Å². The predicted molar refractivity (Wildman–Crippen MR) is 90.9 cm³/mol. The van der Waals surface area contributed by atoms with Crippen molar-refractivity contribution in [2.45, 2.75) is 6.92 Å². The van der Waals surface area contributed by atoms with Gasteiger partial charge in [0.15, 0.2) is 5.70 Å². The SMILES string of the molecule is Cc1ccc(C2=N/C(=C\c3cccc(Br)c3)C(=O)O2)cc1Cl. The topological polar surface area (TPSA) is 38.7 Å².